The molecule has 0 bridgehead atoms. The van der Waals surface area contributed by atoms with Crippen LogP contribution in [0.5, 0.6) is 0 Å². The molecule has 1 aliphatic rings. The number of nitrogens with zero attached hydrogens (tertiary/aromatic N) is 1. The van der Waals surface area contributed by atoms with Crippen LogP contribution in [0.15, 0.2) is 16.9 Å². The minimum absolute atomic E-state index is 0.00594. The fourth-order valence-corrected chi connectivity index (χ4v) is 3.44. The molecule has 1 aliphatic carbocycles. The van der Waals surface area contributed by atoms with Gasteiger partial charge in [0.15, 0.2) is 0 Å². The van der Waals surface area contributed by atoms with Gasteiger partial charge in [-0.1, -0.05) is 53.0 Å². The lowest BCUT2D eigenvalue weighted by molar-refractivity contribution is 0.323. The Morgan fingerprint density at radius 1 is 1.18 bits per heavy atom. The summed E-state index contributed by atoms with van der Waals surface area (Å²) in [5, 5.41) is 3.37. The largest absolute Gasteiger partial charge is 0.312 e. The van der Waals surface area contributed by atoms with E-state index in [1.165, 1.54) is 25.0 Å². The second-order valence-corrected chi connectivity index (χ2v) is 7.64. The summed E-state index contributed by atoms with van der Waals surface area (Å²) < 4.78 is 2.13. The van der Waals surface area contributed by atoms with Crippen LogP contribution in [0.3, 0.4) is 0 Å². The van der Waals surface area contributed by atoms with Crippen molar-refractivity contribution in [2.24, 2.45) is 0 Å². The van der Waals surface area contributed by atoms with Gasteiger partial charge >= 0.3 is 0 Å². The molecular weight excluding hydrogens is 272 g/mol. The number of rotatable bonds is 5. The summed E-state index contributed by atoms with van der Waals surface area (Å²) in [6.45, 7) is 10.4. The quantitative estimate of drug-likeness (QED) is 0.829. The Labute approximate surface area is 135 Å². The molecule has 2 rings (SSSR count). The highest BCUT2D eigenvalue weighted by Crippen LogP contribution is 2.31. The second kappa shape index (κ2) is 7.45. The standard InChI is InChI=1S/C19H32N2O/c1-5-13-20-14-15-11-12-17(19(2,3)4)21(18(15)22)16-9-7-6-8-10-16/h11-12,16,20H,5-10,13-14H2,1-4H3. The Bertz CT molecular complexity index is 533. The molecule has 3 nitrogen and oxygen atoms in total. The van der Waals surface area contributed by atoms with E-state index in [1.807, 2.05) is 6.07 Å². The lowest BCUT2D eigenvalue weighted by atomic mass is 9.88. The fourth-order valence-electron chi connectivity index (χ4n) is 3.44. The average molecular weight is 304 g/mol. The van der Waals surface area contributed by atoms with Gasteiger partial charge in [0.1, 0.15) is 0 Å². The van der Waals surface area contributed by atoms with Crippen LogP contribution in [-0.4, -0.2) is 11.1 Å². The summed E-state index contributed by atoms with van der Waals surface area (Å²) in [6.07, 6.45) is 7.20. The van der Waals surface area contributed by atoms with E-state index < -0.39 is 0 Å². The van der Waals surface area contributed by atoms with Gasteiger partial charge in [-0.25, -0.2) is 0 Å². The minimum Gasteiger partial charge on any atom is -0.312 e. The molecule has 1 saturated carbocycles. The zero-order valence-electron chi connectivity index (χ0n) is 14.7. The number of hydrogen-bond donors (Lipinski definition) is 1. The monoisotopic (exact) mass is 304 g/mol. The van der Waals surface area contributed by atoms with E-state index >= 15 is 0 Å². The molecule has 3 heteroatoms. The molecule has 0 unspecified atom stereocenters. The second-order valence-electron chi connectivity index (χ2n) is 7.64. The maximum Gasteiger partial charge on any atom is 0.255 e. The number of nitrogens with one attached hydrogen (secondary N) is 1. The molecule has 0 aliphatic heterocycles. The van der Waals surface area contributed by atoms with Gasteiger partial charge in [0.2, 0.25) is 0 Å². The predicted octanol–water partition coefficient (Wildman–Crippen LogP) is 4.15. The van der Waals surface area contributed by atoms with Crippen LogP contribution in [-0.2, 0) is 12.0 Å². The Morgan fingerprint density at radius 2 is 1.86 bits per heavy atom. The molecule has 0 spiro atoms. The van der Waals surface area contributed by atoms with Gasteiger partial charge in [-0.3, -0.25) is 4.79 Å². The fraction of sp³-hybridized carbons (Fsp3) is 0.737. The lowest BCUT2D eigenvalue weighted by Crippen LogP contribution is -2.36. The normalized spacial score (nSPS) is 16.9. The first-order valence-corrected chi connectivity index (χ1v) is 8.90. The average Bonchev–Trinajstić information content (AvgIpc) is 2.48. The zero-order valence-corrected chi connectivity index (χ0v) is 14.7. The van der Waals surface area contributed by atoms with Gasteiger partial charge in [0.25, 0.3) is 5.56 Å². The van der Waals surface area contributed by atoms with Gasteiger partial charge < -0.3 is 9.88 Å². The number of hydrogen-bond acceptors (Lipinski definition) is 2. The van der Waals surface area contributed by atoms with Crippen molar-refractivity contribution >= 4 is 0 Å². The van der Waals surface area contributed by atoms with Crippen molar-refractivity contribution < 1.29 is 0 Å². The van der Waals surface area contributed by atoms with E-state index in [0.717, 1.165) is 31.4 Å². The molecule has 124 valence electrons. The first-order valence-electron chi connectivity index (χ1n) is 8.90. The number of pyridine rings is 1. The zero-order chi connectivity index (χ0) is 16.2. The highest BCUT2D eigenvalue weighted by molar-refractivity contribution is 5.22. The molecule has 0 saturated heterocycles. The molecule has 1 aromatic rings. The molecule has 22 heavy (non-hydrogen) atoms. The molecular formula is C19H32N2O. The summed E-state index contributed by atoms with van der Waals surface area (Å²) in [5.74, 6) is 0. The van der Waals surface area contributed by atoms with Crippen molar-refractivity contribution in [3.63, 3.8) is 0 Å². The van der Waals surface area contributed by atoms with Crippen molar-refractivity contribution in [3.8, 4) is 0 Å². The summed E-state index contributed by atoms with van der Waals surface area (Å²) in [7, 11) is 0. The maximum absolute atomic E-state index is 13.1. The minimum atomic E-state index is 0.00594. The van der Waals surface area contributed by atoms with Crippen LogP contribution >= 0.6 is 0 Å². The summed E-state index contributed by atoms with van der Waals surface area (Å²) in [4.78, 5) is 13.1. The van der Waals surface area contributed by atoms with Crippen molar-refractivity contribution in [3.05, 3.63) is 33.7 Å². The van der Waals surface area contributed by atoms with Crippen molar-refractivity contribution in [1.29, 1.82) is 0 Å². The van der Waals surface area contributed by atoms with E-state index in [2.05, 4.69) is 43.6 Å². The van der Waals surface area contributed by atoms with E-state index in [-0.39, 0.29) is 11.0 Å². The van der Waals surface area contributed by atoms with Crippen molar-refractivity contribution in [1.82, 2.24) is 9.88 Å². The molecule has 0 radical (unpaired) electrons. The summed E-state index contributed by atoms with van der Waals surface area (Å²) in [6, 6.07) is 4.60. The van der Waals surface area contributed by atoms with Crippen LogP contribution in [0.2, 0.25) is 0 Å². The van der Waals surface area contributed by atoms with Crippen LogP contribution in [0.4, 0.5) is 0 Å². The third-order valence-corrected chi connectivity index (χ3v) is 4.65. The molecule has 1 heterocycles. The SMILES string of the molecule is CCCNCc1ccc(C(C)(C)C)n(C2CCCCC2)c1=O. The van der Waals surface area contributed by atoms with Gasteiger partial charge in [-0.05, 0) is 31.9 Å². The van der Waals surface area contributed by atoms with Gasteiger partial charge in [-0.2, -0.15) is 0 Å². The Hall–Kier alpha value is -1.09. The van der Waals surface area contributed by atoms with Crippen LogP contribution in [0.25, 0.3) is 0 Å². The van der Waals surface area contributed by atoms with E-state index in [0.29, 0.717) is 12.6 Å². The lowest BCUT2D eigenvalue weighted by Gasteiger charge is -2.32. The van der Waals surface area contributed by atoms with Gasteiger partial charge in [-0.15, -0.1) is 0 Å². The summed E-state index contributed by atoms with van der Waals surface area (Å²) in [5.41, 5.74) is 2.32. The molecule has 1 aromatic heterocycles. The summed E-state index contributed by atoms with van der Waals surface area (Å²) >= 11 is 0. The van der Waals surface area contributed by atoms with E-state index in [9.17, 15) is 4.79 Å². The van der Waals surface area contributed by atoms with Crippen molar-refractivity contribution in [2.45, 2.75) is 84.2 Å². The first kappa shape index (κ1) is 17.3. The molecule has 1 N–H and O–H groups in total. The third kappa shape index (κ3) is 4.01. The molecule has 1 fully saturated rings. The molecule has 0 amide bonds. The van der Waals surface area contributed by atoms with Crippen LogP contribution in [0.1, 0.15) is 83.5 Å². The third-order valence-electron chi connectivity index (χ3n) is 4.65. The highest BCUT2D eigenvalue weighted by Gasteiger charge is 2.25. The van der Waals surface area contributed by atoms with Crippen LogP contribution in [0, 0.1) is 0 Å². The Balaban J connectivity index is 2.39. The van der Waals surface area contributed by atoms with Gasteiger partial charge in [0.05, 0.1) is 0 Å². The molecule has 0 atom stereocenters. The first-order chi connectivity index (χ1) is 10.4. The van der Waals surface area contributed by atoms with Crippen LogP contribution < -0.4 is 10.9 Å². The Morgan fingerprint density at radius 3 is 2.45 bits per heavy atom. The topological polar surface area (TPSA) is 34.0 Å². The van der Waals surface area contributed by atoms with E-state index in [1.54, 1.807) is 0 Å². The highest BCUT2D eigenvalue weighted by atomic mass is 16.1. The van der Waals surface area contributed by atoms with Crippen molar-refractivity contribution in [2.75, 3.05) is 6.54 Å². The smallest absolute Gasteiger partial charge is 0.255 e. The van der Waals surface area contributed by atoms with Gasteiger partial charge in [0, 0.05) is 29.3 Å². The predicted molar refractivity (Wildman–Crippen MR) is 93.5 cm³/mol. The number of aromatic nitrogens is 1. The molecule has 0 aromatic carbocycles. The maximum atomic E-state index is 13.1. The van der Waals surface area contributed by atoms with E-state index in [4.69, 9.17) is 0 Å². The Kier molecular flexibility index (Phi) is 5.85.